The van der Waals surface area contributed by atoms with Crippen LogP contribution in [0.5, 0.6) is 5.75 Å². The van der Waals surface area contributed by atoms with Crippen LogP contribution < -0.4 is 15.0 Å². The molecule has 0 atom stereocenters. The summed E-state index contributed by atoms with van der Waals surface area (Å²) in [5.41, 5.74) is 0.342. The highest BCUT2D eigenvalue weighted by atomic mass is 16.5. The molecule has 1 aromatic carbocycles. The molecule has 3 rings (SSSR count). The lowest BCUT2D eigenvalue weighted by Crippen LogP contribution is -2.42. The van der Waals surface area contributed by atoms with Crippen LogP contribution in [0.3, 0.4) is 0 Å². The van der Waals surface area contributed by atoms with Gasteiger partial charge in [-0.2, -0.15) is 0 Å². The van der Waals surface area contributed by atoms with Crippen molar-refractivity contribution in [3.8, 4) is 5.75 Å². The highest BCUT2D eigenvalue weighted by molar-refractivity contribution is 6.06. The summed E-state index contributed by atoms with van der Waals surface area (Å²) in [7, 11) is 0. The molecular weight excluding hydrogens is 362 g/mol. The summed E-state index contributed by atoms with van der Waals surface area (Å²) in [6, 6.07) is 4.97. The number of hydrogen-bond donors (Lipinski definition) is 1. The molecule has 8 heteroatoms. The van der Waals surface area contributed by atoms with Crippen molar-refractivity contribution in [3.05, 3.63) is 30.9 Å². The molecule has 1 N–H and O–H groups in total. The van der Waals surface area contributed by atoms with Crippen LogP contribution in [-0.4, -0.2) is 48.2 Å². The van der Waals surface area contributed by atoms with Crippen molar-refractivity contribution in [1.82, 2.24) is 4.90 Å². The average Bonchev–Trinajstić information content (AvgIpc) is 2.91. The number of nitrogens with zero attached hydrogens (tertiary/aromatic N) is 2. The normalized spacial score (nSPS) is 18.4. The van der Waals surface area contributed by atoms with Gasteiger partial charge in [-0.25, -0.2) is 0 Å². The van der Waals surface area contributed by atoms with E-state index in [1.807, 2.05) is 13.8 Å². The minimum Gasteiger partial charge on any atom is -0.490 e. The molecule has 0 saturated carbocycles. The number of carbonyl (C=O) groups is 4. The van der Waals surface area contributed by atoms with E-state index in [0.717, 1.165) is 4.90 Å². The number of ether oxygens (including phenoxy) is 1. The van der Waals surface area contributed by atoms with Gasteiger partial charge in [0.2, 0.25) is 23.6 Å². The van der Waals surface area contributed by atoms with Gasteiger partial charge in [0.1, 0.15) is 18.9 Å². The van der Waals surface area contributed by atoms with E-state index in [9.17, 15) is 19.2 Å². The minimum absolute atomic E-state index is 0.0750. The lowest BCUT2D eigenvalue weighted by molar-refractivity contribution is -0.141. The fraction of sp³-hybridized carbons (Fsp3) is 0.400. The van der Waals surface area contributed by atoms with E-state index in [2.05, 4.69) is 11.9 Å². The molecule has 148 valence electrons. The predicted octanol–water partition coefficient (Wildman–Crippen LogP) is 1.71. The fourth-order valence-corrected chi connectivity index (χ4v) is 3.18. The van der Waals surface area contributed by atoms with E-state index in [1.165, 1.54) is 0 Å². The Kier molecular flexibility index (Phi) is 5.22. The van der Waals surface area contributed by atoms with Crippen LogP contribution in [0.15, 0.2) is 30.9 Å². The Morgan fingerprint density at radius 2 is 1.89 bits per heavy atom. The third kappa shape index (κ3) is 3.76. The summed E-state index contributed by atoms with van der Waals surface area (Å²) in [4.78, 5) is 50.9. The van der Waals surface area contributed by atoms with Crippen LogP contribution >= 0.6 is 0 Å². The Bertz CT molecular complexity index is 845. The van der Waals surface area contributed by atoms with Gasteiger partial charge in [0.15, 0.2) is 0 Å². The summed E-state index contributed by atoms with van der Waals surface area (Å²) >= 11 is 0. The van der Waals surface area contributed by atoms with Gasteiger partial charge in [-0.1, -0.05) is 6.08 Å². The van der Waals surface area contributed by atoms with Crippen molar-refractivity contribution in [1.29, 1.82) is 0 Å². The van der Waals surface area contributed by atoms with Gasteiger partial charge in [0, 0.05) is 31.1 Å². The van der Waals surface area contributed by atoms with Crippen molar-refractivity contribution < 1.29 is 23.9 Å². The number of benzene rings is 1. The van der Waals surface area contributed by atoms with Crippen molar-refractivity contribution in [2.75, 3.05) is 29.9 Å². The van der Waals surface area contributed by atoms with E-state index in [0.29, 0.717) is 23.7 Å². The number of amides is 4. The summed E-state index contributed by atoms with van der Waals surface area (Å²) in [6.45, 7) is 7.54. The van der Waals surface area contributed by atoms with Gasteiger partial charge >= 0.3 is 0 Å². The first-order chi connectivity index (χ1) is 13.2. The number of hydrogen-bond acceptors (Lipinski definition) is 5. The largest absolute Gasteiger partial charge is 0.490 e. The van der Waals surface area contributed by atoms with Gasteiger partial charge in [-0.05, 0) is 26.0 Å². The molecule has 1 fully saturated rings. The van der Waals surface area contributed by atoms with Gasteiger partial charge in [-0.3, -0.25) is 24.1 Å². The maximum atomic E-state index is 12.8. The molecule has 2 aliphatic heterocycles. The van der Waals surface area contributed by atoms with Crippen molar-refractivity contribution in [2.24, 2.45) is 5.41 Å². The quantitative estimate of drug-likeness (QED) is 0.615. The van der Waals surface area contributed by atoms with Crippen molar-refractivity contribution >= 4 is 35.0 Å². The lowest BCUT2D eigenvalue weighted by Gasteiger charge is -2.27. The van der Waals surface area contributed by atoms with Crippen LogP contribution in [-0.2, 0) is 19.2 Å². The zero-order chi connectivity index (χ0) is 20.5. The number of fused-ring (bicyclic) bond motifs is 1. The SMILES string of the molecule is C=CCN1C(=O)C(C)(C)COc2cc(NC(=O)CN3C(=O)CCC3=O)ccc21. The first-order valence-corrected chi connectivity index (χ1v) is 9.05. The number of imide groups is 1. The second kappa shape index (κ2) is 7.46. The van der Waals surface area contributed by atoms with E-state index >= 15 is 0 Å². The first kappa shape index (κ1) is 19.6. The average molecular weight is 385 g/mol. The summed E-state index contributed by atoms with van der Waals surface area (Å²) in [5, 5.41) is 2.67. The minimum atomic E-state index is -0.706. The van der Waals surface area contributed by atoms with Crippen LogP contribution in [0.2, 0.25) is 0 Å². The maximum Gasteiger partial charge on any atom is 0.244 e. The lowest BCUT2D eigenvalue weighted by atomic mass is 9.93. The molecular formula is C20H23N3O5. The van der Waals surface area contributed by atoms with Crippen LogP contribution in [0, 0.1) is 5.41 Å². The molecule has 4 amide bonds. The molecule has 0 unspecified atom stereocenters. The number of anilines is 2. The number of carbonyl (C=O) groups excluding carboxylic acids is 4. The molecule has 0 aromatic heterocycles. The zero-order valence-electron chi connectivity index (χ0n) is 16.0. The molecule has 1 saturated heterocycles. The van der Waals surface area contributed by atoms with E-state index in [1.54, 1.807) is 29.2 Å². The highest BCUT2D eigenvalue weighted by Gasteiger charge is 2.37. The molecule has 0 radical (unpaired) electrons. The van der Waals surface area contributed by atoms with Gasteiger partial charge in [0.25, 0.3) is 0 Å². The van der Waals surface area contributed by atoms with Crippen LogP contribution in [0.4, 0.5) is 11.4 Å². The molecule has 0 bridgehead atoms. The molecule has 2 heterocycles. The van der Waals surface area contributed by atoms with Crippen LogP contribution in [0.1, 0.15) is 26.7 Å². The smallest absolute Gasteiger partial charge is 0.244 e. The van der Waals surface area contributed by atoms with Gasteiger partial charge < -0.3 is 15.0 Å². The van der Waals surface area contributed by atoms with E-state index in [4.69, 9.17) is 4.74 Å². The Morgan fingerprint density at radius 1 is 1.21 bits per heavy atom. The number of likely N-dealkylation sites (tertiary alicyclic amines) is 1. The van der Waals surface area contributed by atoms with Crippen molar-refractivity contribution in [3.63, 3.8) is 0 Å². The Balaban J connectivity index is 1.79. The monoisotopic (exact) mass is 385 g/mol. The molecule has 1 aromatic rings. The standard InChI is InChI=1S/C20H23N3O5/c1-4-9-22-14-6-5-13(10-15(14)28-12-20(2,3)19(22)27)21-16(24)11-23-17(25)7-8-18(23)26/h4-6,10H,1,7-9,11-12H2,2-3H3,(H,21,24). The second-order valence-electron chi connectivity index (χ2n) is 7.48. The summed E-state index contributed by atoms with van der Waals surface area (Å²) < 4.78 is 5.83. The maximum absolute atomic E-state index is 12.8. The van der Waals surface area contributed by atoms with E-state index < -0.39 is 11.3 Å². The Labute approximate surface area is 163 Å². The first-order valence-electron chi connectivity index (χ1n) is 9.05. The molecule has 0 aliphatic carbocycles. The molecule has 0 spiro atoms. The van der Waals surface area contributed by atoms with Crippen molar-refractivity contribution in [2.45, 2.75) is 26.7 Å². The third-order valence-corrected chi connectivity index (χ3v) is 4.72. The predicted molar refractivity (Wildman–Crippen MR) is 103 cm³/mol. The summed E-state index contributed by atoms with van der Waals surface area (Å²) in [5.74, 6) is -0.769. The molecule has 2 aliphatic rings. The fourth-order valence-electron chi connectivity index (χ4n) is 3.18. The van der Waals surface area contributed by atoms with Gasteiger partial charge in [-0.15, -0.1) is 6.58 Å². The molecule has 28 heavy (non-hydrogen) atoms. The number of rotatable bonds is 5. The van der Waals surface area contributed by atoms with Crippen LogP contribution in [0.25, 0.3) is 0 Å². The Hall–Kier alpha value is -3.16. The van der Waals surface area contributed by atoms with Gasteiger partial charge in [0.05, 0.1) is 11.1 Å². The topological polar surface area (TPSA) is 96.0 Å². The molecule has 8 nitrogen and oxygen atoms in total. The highest BCUT2D eigenvalue weighted by Crippen LogP contribution is 2.38. The summed E-state index contributed by atoms with van der Waals surface area (Å²) in [6.07, 6.45) is 1.92. The number of nitrogens with one attached hydrogen (secondary N) is 1. The van der Waals surface area contributed by atoms with E-state index in [-0.39, 0.29) is 43.7 Å². The third-order valence-electron chi connectivity index (χ3n) is 4.72. The second-order valence-corrected chi connectivity index (χ2v) is 7.48. The Morgan fingerprint density at radius 3 is 2.54 bits per heavy atom. The zero-order valence-corrected chi connectivity index (χ0v) is 16.0.